The Kier molecular flexibility index (Phi) is 5.60. The van der Waals surface area contributed by atoms with Crippen LogP contribution in [0.15, 0.2) is 29.9 Å². The first kappa shape index (κ1) is 17.6. The topological polar surface area (TPSA) is 66.9 Å². The standard InChI is InChI=1S/C20H26N4OS/c25-19(12-14-10-16-3-4-17(11-14)23-16)22-7-1-2-20-24-18(13-26-20)15-5-8-21-9-6-15/h5-6,8-9,13-14,16-17,23H,1-4,7,10-12H2,(H,22,25). The SMILES string of the molecule is O=C(CC1CC2CCC(C1)N2)NCCCc1nc(-c2ccncc2)cs1. The average molecular weight is 371 g/mol. The van der Waals surface area contributed by atoms with Crippen molar-refractivity contribution in [1.82, 2.24) is 20.6 Å². The molecule has 2 atom stereocenters. The molecule has 2 fully saturated rings. The number of pyridine rings is 1. The quantitative estimate of drug-likeness (QED) is 0.735. The number of amides is 1. The van der Waals surface area contributed by atoms with Gasteiger partial charge in [-0.2, -0.15) is 0 Å². The van der Waals surface area contributed by atoms with Gasteiger partial charge in [-0.3, -0.25) is 9.78 Å². The van der Waals surface area contributed by atoms with Crippen LogP contribution in [0.3, 0.4) is 0 Å². The third-order valence-corrected chi connectivity index (χ3v) is 6.37. The van der Waals surface area contributed by atoms with Crippen LogP contribution >= 0.6 is 11.3 Å². The Labute approximate surface area is 158 Å². The van der Waals surface area contributed by atoms with Crippen LogP contribution < -0.4 is 10.6 Å². The third kappa shape index (κ3) is 4.48. The molecule has 0 saturated carbocycles. The number of nitrogens with one attached hydrogen (secondary N) is 2. The maximum atomic E-state index is 12.2. The van der Waals surface area contributed by atoms with Crippen LogP contribution in [0.25, 0.3) is 11.3 Å². The number of thiazole rings is 1. The van der Waals surface area contributed by atoms with E-state index in [4.69, 9.17) is 0 Å². The van der Waals surface area contributed by atoms with E-state index >= 15 is 0 Å². The number of carbonyl (C=O) groups excluding carboxylic acids is 1. The summed E-state index contributed by atoms with van der Waals surface area (Å²) in [6.07, 6.45) is 11.0. The lowest BCUT2D eigenvalue weighted by Gasteiger charge is -2.28. The summed E-state index contributed by atoms with van der Waals surface area (Å²) < 4.78 is 0. The Morgan fingerprint density at radius 2 is 2.00 bits per heavy atom. The second-order valence-electron chi connectivity index (χ2n) is 7.50. The molecule has 2 aromatic heterocycles. The highest BCUT2D eigenvalue weighted by Gasteiger charge is 2.34. The number of carbonyl (C=O) groups is 1. The third-order valence-electron chi connectivity index (χ3n) is 5.46. The zero-order valence-electron chi connectivity index (χ0n) is 15.0. The molecule has 4 heterocycles. The van der Waals surface area contributed by atoms with Crippen LogP contribution in [0.2, 0.25) is 0 Å². The monoisotopic (exact) mass is 370 g/mol. The first-order valence-electron chi connectivity index (χ1n) is 9.64. The lowest BCUT2D eigenvalue weighted by molar-refractivity contribution is -0.122. The summed E-state index contributed by atoms with van der Waals surface area (Å²) in [4.78, 5) is 20.9. The number of rotatable bonds is 7. The van der Waals surface area contributed by atoms with Crippen molar-refractivity contribution in [2.24, 2.45) is 5.92 Å². The molecule has 2 N–H and O–H groups in total. The van der Waals surface area contributed by atoms with Gasteiger partial charge < -0.3 is 10.6 Å². The Bertz CT molecular complexity index is 720. The van der Waals surface area contributed by atoms with Crippen LogP contribution in [0.4, 0.5) is 0 Å². The smallest absolute Gasteiger partial charge is 0.220 e. The van der Waals surface area contributed by atoms with Gasteiger partial charge in [-0.15, -0.1) is 11.3 Å². The fourth-order valence-electron chi connectivity index (χ4n) is 4.22. The molecule has 6 heteroatoms. The fourth-order valence-corrected chi connectivity index (χ4v) is 5.07. The largest absolute Gasteiger partial charge is 0.356 e. The number of aromatic nitrogens is 2. The molecule has 2 saturated heterocycles. The van der Waals surface area contributed by atoms with E-state index in [1.54, 1.807) is 23.7 Å². The van der Waals surface area contributed by atoms with Gasteiger partial charge in [0.15, 0.2) is 0 Å². The second-order valence-corrected chi connectivity index (χ2v) is 8.44. The first-order chi connectivity index (χ1) is 12.8. The zero-order chi connectivity index (χ0) is 17.8. The summed E-state index contributed by atoms with van der Waals surface area (Å²) in [6.45, 7) is 0.737. The molecule has 26 heavy (non-hydrogen) atoms. The van der Waals surface area contributed by atoms with Crippen molar-refractivity contribution in [3.63, 3.8) is 0 Å². The maximum Gasteiger partial charge on any atom is 0.220 e. The van der Waals surface area contributed by atoms with Crippen molar-refractivity contribution in [3.8, 4) is 11.3 Å². The lowest BCUT2D eigenvalue weighted by atomic mass is 9.89. The number of hydrogen-bond donors (Lipinski definition) is 2. The van der Waals surface area contributed by atoms with Gasteiger partial charge in [-0.25, -0.2) is 4.98 Å². The number of piperidine rings is 1. The van der Waals surface area contributed by atoms with Gasteiger partial charge >= 0.3 is 0 Å². The Morgan fingerprint density at radius 1 is 1.23 bits per heavy atom. The molecule has 5 nitrogen and oxygen atoms in total. The highest BCUT2D eigenvalue weighted by molar-refractivity contribution is 7.09. The van der Waals surface area contributed by atoms with E-state index in [9.17, 15) is 4.79 Å². The van der Waals surface area contributed by atoms with Gasteiger partial charge in [0.2, 0.25) is 5.91 Å². The normalized spacial score (nSPS) is 24.5. The van der Waals surface area contributed by atoms with Crippen LogP contribution in [0.5, 0.6) is 0 Å². The predicted molar refractivity (Wildman–Crippen MR) is 104 cm³/mol. The van der Waals surface area contributed by atoms with Crippen molar-refractivity contribution in [1.29, 1.82) is 0 Å². The Hall–Kier alpha value is -1.79. The van der Waals surface area contributed by atoms with Crippen molar-refractivity contribution in [3.05, 3.63) is 34.9 Å². The molecule has 2 aliphatic heterocycles. The molecule has 0 spiro atoms. The minimum Gasteiger partial charge on any atom is -0.356 e. The van der Waals surface area contributed by atoms with Crippen LogP contribution in [-0.4, -0.2) is 34.5 Å². The van der Waals surface area contributed by atoms with E-state index < -0.39 is 0 Å². The van der Waals surface area contributed by atoms with Crippen molar-refractivity contribution < 1.29 is 4.79 Å². The van der Waals surface area contributed by atoms with Crippen molar-refractivity contribution in [2.75, 3.05) is 6.54 Å². The molecule has 2 unspecified atom stereocenters. The Morgan fingerprint density at radius 3 is 2.77 bits per heavy atom. The molecule has 2 bridgehead atoms. The van der Waals surface area contributed by atoms with Crippen molar-refractivity contribution >= 4 is 17.2 Å². The lowest BCUT2D eigenvalue weighted by Crippen LogP contribution is -2.39. The van der Waals surface area contributed by atoms with E-state index in [0.717, 1.165) is 35.7 Å². The van der Waals surface area contributed by atoms with Gasteiger partial charge in [0.1, 0.15) is 0 Å². The van der Waals surface area contributed by atoms with Crippen LogP contribution in [-0.2, 0) is 11.2 Å². The summed E-state index contributed by atoms with van der Waals surface area (Å²) >= 11 is 1.69. The van der Waals surface area contributed by atoms with Gasteiger partial charge in [-0.05, 0) is 50.2 Å². The summed E-state index contributed by atoms with van der Waals surface area (Å²) in [7, 11) is 0. The molecule has 0 aromatic carbocycles. The van der Waals surface area contributed by atoms with E-state index in [0.29, 0.717) is 24.4 Å². The maximum absolute atomic E-state index is 12.2. The molecule has 1 amide bonds. The van der Waals surface area contributed by atoms with E-state index in [1.165, 1.54) is 25.7 Å². The minimum absolute atomic E-state index is 0.216. The number of aryl methyl sites for hydroxylation is 1. The Balaban J connectivity index is 1.16. The molecule has 0 aliphatic carbocycles. The highest BCUT2D eigenvalue weighted by atomic mass is 32.1. The van der Waals surface area contributed by atoms with E-state index in [1.807, 2.05) is 12.1 Å². The summed E-state index contributed by atoms with van der Waals surface area (Å²) in [5.41, 5.74) is 2.11. The minimum atomic E-state index is 0.216. The zero-order valence-corrected chi connectivity index (χ0v) is 15.8. The molecule has 4 rings (SSSR count). The summed E-state index contributed by atoms with van der Waals surface area (Å²) in [5, 5.41) is 9.95. The van der Waals surface area contributed by atoms with Gasteiger partial charge in [0.05, 0.1) is 10.7 Å². The number of fused-ring (bicyclic) bond motifs is 2. The molecule has 138 valence electrons. The first-order valence-corrected chi connectivity index (χ1v) is 10.5. The van der Waals surface area contributed by atoms with Crippen molar-refractivity contribution in [2.45, 2.75) is 57.0 Å². The van der Waals surface area contributed by atoms with Gasteiger partial charge in [0.25, 0.3) is 0 Å². The van der Waals surface area contributed by atoms with Gasteiger partial charge in [-0.1, -0.05) is 0 Å². The predicted octanol–water partition coefficient (Wildman–Crippen LogP) is 3.17. The molecule has 2 aromatic rings. The highest BCUT2D eigenvalue weighted by Crippen LogP contribution is 2.32. The molecular weight excluding hydrogens is 344 g/mol. The van der Waals surface area contributed by atoms with E-state index in [-0.39, 0.29) is 5.91 Å². The average Bonchev–Trinajstić information content (AvgIpc) is 3.26. The second kappa shape index (κ2) is 8.27. The molecule has 2 aliphatic rings. The fraction of sp³-hybridized carbons (Fsp3) is 0.550. The number of hydrogen-bond acceptors (Lipinski definition) is 5. The number of nitrogens with zero attached hydrogens (tertiary/aromatic N) is 2. The summed E-state index contributed by atoms with van der Waals surface area (Å²) in [5.74, 6) is 0.781. The van der Waals surface area contributed by atoms with E-state index in [2.05, 4.69) is 26.0 Å². The van der Waals surface area contributed by atoms with Crippen LogP contribution in [0, 0.1) is 5.92 Å². The van der Waals surface area contributed by atoms with Crippen LogP contribution in [0.1, 0.15) is 43.5 Å². The summed E-state index contributed by atoms with van der Waals surface area (Å²) in [6, 6.07) is 5.27. The van der Waals surface area contributed by atoms with Gasteiger partial charge in [0, 0.05) is 54.8 Å². The molecule has 0 radical (unpaired) electrons. The molecular formula is C20H26N4OS.